The lowest BCUT2D eigenvalue weighted by molar-refractivity contribution is -0.385. The lowest BCUT2D eigenvalue weighted by atomic mass is 10.1. The highest BCUT2D eigenvalue weighted by atomic mass is 35.5. The summed E-state index contributed by atoms with van der Waals surface area (Å²) in [4.78, 5) is 23.0. The molecule has 0 saturated heterocycles. The summed E-state index contributed by atoms with van der Waals surface area (Å²) in [5.41, 5.74) is 0.729. The normalized spacial score (nSPS) is 13.0. The summed E-state index contributed by atoms with van der Waals surface area (Å²) in [7, 11) is 0. The number of carbonyl (C=O) groups is 1. The molecule has 0 saturated carbocycles. The second-order valence-electron chi connectivity index (χ2n) is 5.49. The molecule has 0 atom stereocenters. The van der Waals surface area contributed by atoms with E-state index in [-0.39, 0.29) is 16.8 Å². The molecule has 0 aromatic heterocycles. The zero-order valence-electron chi connectivity index (χ0n) is 13.4. The van der Waals surface area contributed by atoms with Crippen molar-refractivity contribution in [3.05, 3.63) is 56.6 Å². The number of fused-ring (bicyclic) bond motifs is 1. The van der Waals surface area contributed by atoms with Gasteiger partial charge in [0.2, 0.25) is 0 Å². The molecule has 130 valence electrons. The first-order valence-corrected chi connectivity index (χ1v) is 7.99. The summed E-state index contributed by atoms with van der Waals surface area (Å²) in [5.74, 6) is 0.526. The van der Waals surface area contributed by atoms with Crippen LogP contribution in [0.15, 0.2) is 30.3 Å². The van der Waals surface area contributed by atoms with Crippen molar-refractivity contribution in [3.63, 3.8) is 0 Å². The van der Waals surface area contributed by atoms with Gasteiger partial charge in [-0.15, -0.1) is 0 Å². The van der Waals surface area contributed by atoms with Crippen LogP contribution in [0.1, 0.15) is 22.3 Å². The largest absolute Gasteiger partial charge is 0.490 e. The van der Waals surface area contributed by atoms with E-state index < -0.39 is 10.8 Å². The minimum atomic E-state index is -0.521. The standard InChI is InChI=1S/C17H15ClN2O5/c1-10-11(4-2-5-14(10)20(22)23)17(21)19-13-9-16-15(8-12(13)18)24-6-3-7-25-16/h2,4-5,8-9H,3,6-7H2,1H3,(H,19,21). The van der Waals surface area contributed by atoms with Crippen LogP contribution in [0.4, 0.5) is 11.4 Å². The Balaban J connectivity index is 1.90. The molecule has 1 heterocycles. The number of hydrogen-bond acceptors (Lipinski definition) is 5. The first-order chi connectivity index (χ1) is 12.0. The van der Waals surface area contributed by atoms with Crippen molar-refractivity contribution in [2.45, 2.75) is 13.3 Å². The third kappa shape index (κ3) is 3.51. The number of nitrogens with zero attached hydrogens (tertiary/aromatic N) is 1. The molecule has 8 heteroatoms. The summed E-state index contributed by atoms with van der Waals surface area (Å²) in [6.45, 7) is 2.57. The van der Waals surface area contributed by atoms with Crippen LogP contribution in [0.25, 0.3) is 0 Å². The monoisotopic (exact) mass is 362 g/mol. The minimum absolute atomic E-state index is 0.114. The summed E-state index contributed by atoms with van der Waals surface area (Å²) < 4.78 is 11.1. The van der Waals surface area contributed by atoms with Gasteiger partial charge in [0.25, 0.3) is 11.6 Å². The number of benzene rings is 2. The number of carbonyl (C=O) groups excluding carboxylic acids is 1. The molecule has 0 bridgehead atoms. The number of nitro groups is 1. The fraction of sp³-hybridized carbons (Fsp3) is 0.235. The Hall–Kier alpha value is -2.80. The van der Waals surface area contributed by atoms with E-state index in [9.17, 15) is 14.9 Å². The average molecular weight is 363 g/mol. The van der Waals surface area contributed by atoms with Crippen molar-refractivity contribution in [1.29, 1.82) is 0 Å². The van der Waals surface area contributed by atoms with E-state index >= 15 is 0 Å². The molecular formula is C17H15ClN2O5. The van der Waals surface area contributed by atoms with Crippen molar-refractivity contribution in [3.8, 4) is 11.5 Å². The summed E-state index contributed by atoms with van der Waals surface area (Å²) >= 11 is 6.21. The zero-order valence-corrected chi connectivity index (χ0v) is 14.1. The van der Waals surface area contributed by atoms with Crippen LogP contribution >= 0.6 is 11.6 Å². The van der Waals surface area contributed by atoms with Crippen molar-refractivity contribution in [1.82, 2.24) is 0 Å². The number of rotatable bonds is 3. The Labute approximate surface area is 148 Å². The fourth-order valence-corrected chi connectivity index (χ4v) is 2.74. The van der Waals surface area contributed by atoms with Gasteiger partial charge in [-0.25, -0.2) is 0 Å². The molecule has 0 unspecified atom stereocenters. The second-order valence-corrected chi connectivity index (χ2v) is 5.90. The maximum absolute atomic E-state index is 12.5. The molecule has 2 aromatic rings. The third-order valence-electron chi connectivity index (χ3n) is 3.83. The number of ether oxygens (including phenoxy) is 2. The average Bonchev–Trinajstić information content (AvgIpc) is 2.80. The first kappa shape index (κ1) is 17.0. The Morgan fingerprint density at radius 3 is 2.60 bits per heavy atom. The van der Waals surface area contributed by atoms with E-state index in [1.807, 2.05) is 0 Å². The molecule has 1 aliphatic rings. The Morgan fingerprint density at radius 1 is 1.24 bits per heavy atom. The molecule has 0 spiro atoms. The molecule has 0 radical (unpaired) electrons. The number of amides is 1. The quantitative estimate of drug-likeness (QED) is 0.659. The molecule has 3 rings (SSSR count). The second kappa shape index (κ2) is 6.98. The van der Waals surface area contributed by atoms with E-state index in [1.54, 1.807) is 12.1 Å². The summed E-state index contributed by atoms with van der Waals surface area (Å²) in [5, 5.41) is 14.0. The van der Waals surface area contributed by atoms with Gasteiger partial charge in [0.1, 0.15) is 0 Å². The van der Waals surface area contributed by atoms with E-state index in [2.05, 4.69) is 5.32 Å². The van der Waals surface area contributed by atoms with Gasteiger partial charge in [0, 0.05) is 35.7 Å². The van der Waals surface area contributed by atoms with Gasteiger partial charge in [0.15, 0.2) is 11.5 Å². The molecule has 0 aliphatic carbocycles. The zero-order chi connectivity index (χ0) is 18.0. The Kier molecular flexibility index (Phi) is 4.76. The predicted octanol–water partition coefficient (Wildman–Crippen LogP) is 3.97. The van der Waals surface area contributed by atoms with Crippen LogP contribution < -0.4 is 14.8 Å². The van der Waals surface area contributed by atoms with Crippen LogP contribution in [-0.4, -0.2) is 24.0 Å². The Morgan fingerprint density at radius 2 is 1.92 bits per heavy atom. The van der Waals surface area contributed by atoms with Crippen molar-refractivity contribution < 1.29 is 19.2 Å². The van der Waals surface area contributed by atoms with Gasteiger partial charge < -0.3 is 14.8 Å². The topological polar surface area (TPSA) is 90.7 Å². The van der Waals surface area contributed by atoms with Crippen LogP contribution in [0.2, 0.25) is 5.02 Å². The lowest BCUT2D eigenvalue weighted by Crippen LogP contribution is -2.14. The minimum Gasteiger partial charge on any atom is -0.490 e. The number of nitrogens with one attached hydrogen (secondary N) is 1. The van der Waals surface area contributed by atoms with Crippen molar-refractivity contribution in [2.75, 3.05) is 18.5 Å². The van der Waals surface area contributed by atoms with Gasteiger partial charge in [0.05, 0.1) is 28.8 Å². The number of halogens is 1. The van der Waals surface area contributed by atoms with Gasteiger partial charge in [-0.3, -0.25) is 14.9 Å². The van der Waals surface area contributed by atoms with Gasteiger partial charge in [-0.2, -0.15) is 0 Å². The predicted molar refractivity (Wildman–Crippen MR) is 92.8 cm³/mol. The number of anilines is 1. The molecule has 2 aromatic carbocycles. The van der Waals surface area contributed by atoms with Crippen molar-refractivity contribution >= 4 is 28.9 Å². The van der Waals surface area contributed by atoms with Gasteiger partial charge >= 0.3 is 0 Å². The molecule has 0 fully saturated rings. The van der Waals surface area contributed by atoms with Gasteiger partial charge in [-0.1, -0.05) is 17.7 Å². The van der Waals surface area contributed by atoms with E-state index in [0.717, 1.165) is 6.42 Å². The van der Waals surface area contributed by atoms with Crippen LogP contribution in [0.3, 0.4) is 0 Å². The van der Waals surface area contributed by atoms with Crippen LogP contribution in [-0.2, 0) is 0 Å². The lowest BCUT2D eigenvalue weighted by Gasteiger charge is -2.13. The van der Waals surface area contributed by atoms with Gasteiger partial charge in [-0.05, 0) is 13.0 Å². The van der Waals surface area contributed by atoms with E-state index in [1.165, 1.54) is 25.1 Å². The van der Waals surface area contributed by atoms with E-state index in [4.69, 9.17) is 21.1 Å². The van der Waals surface area contributed by atoms with E-state index in [0.29, 0.717) is 35.4 Å². The molecule has 1 aliphatic heterocycles. The van der Waals surface area contributed by atoms with Crippen molar-refractivity contribution in [2.24, 2.45) is 0 Å². The maximum atomic E-state index is 12.5. The third-order valence-corrected chi connectivity index (χ3v) is 4.14. The maximum Gasteiger partial charge on any atom is 0.273 e. The number of nitro benzene ring substituents is 1. The summed E-state index contributed by atoms with van der Waals surface area (Å²) in [6.07, 6.45) is 0.751. The highest BCUT2D eigenvalue weighted by molar-refractivity contribution is 6.34. The molecule has 1 amide bonds. The SMILES string of the molecule is Cc1c(C(=O)Nc2cc3c(cc2Cl)OCCCO3)cccc1[N+](=O)[O-]. The molecule has 1 N–H and O–H groups in total. The Bertz CT molecular complexity index is 853. The molecule has 7 nitrogen and oxygen atoms in total. The van der Waals surface area contributed by atoms with Crippen LogP contribution in [0, 0.1) is 17.0 Å². The first-order valence-electron chi connectivity index (χ1n) is 7.62. The summed E-state index contributed by atoms with van der Waals surface area (Å²) in [6, 6.07) is 7.52. The number of hydrogen-bond donors (Lipinski definition) is 1. The highest BCUT2D eigenvalue weighted by Gasteiger charge is 2.20. The molecule has 25 heavy (non-hydrogen) atoms. The fourth-order valence-electron chi connectivity index (χ4n) is 2.54. The highest BCUT2D eigenvalue weighted by Crippen LogP contribution is 2.38. The van der Waals surface area contributed by atoms with Crippen LogP contribution in [0.5, 0.6) is 11.5 Å². The molecular weight excluding hydrogens is 348 g/mol. The smallest absolute Gasteiger partial charge is 0.273 e.